The molecule has 0 saturated heterocycles. The summed E-state index contributed by atoms with van der Waals surface area (Å²) in [6.07, 6.45) is 0.563. The second kappa shape index (κ2) is 3.78. The minimum absolute atomic E-state index is 0.130. The van der Waals surface area contributed by atoms with Gasteiger partial charge >= 0.3 is 5.97 Å². The molecule has 4 rings (SSSR count). The summed E-state index contributed by atoms with van der Waals surface area (Å²) in [6, 6.07) is 11.1. The molecular weight excluding hydrogens is 295 g/mol. The van der Waals surface area contributed by atoms with E-state index in [0.717, 1.165) is 22.3 Å². The molecule has 1 N–H and O–H groups in total. The second-order valence-corrected chi connectivity index (χ2v) is 6.30. The van der Waals surface area contributed by atoms with E-state index < -0.39 is 11.4 Å². The molecule has 2 aromatic carbocycles. The predicted molar refractivity (Wildman–Crippen MR) is 77.8 cm³/mol. The Hall–Kier alpha value is -1.51. The molecule has 0 saturated carbocycles. The molecule has 0 fully saturated rings. The molecule has 0 spiro atoms. The minimum Gasteiger partial charge on any atom is -0.480 e. The maximum Gasteiger partial charge on any atom is 0.318 e. The normalized spacial score (nSPS) is 25.4. The molecular formula is C16H10Cl2O2. The molecule has 2 aliphatic carbocycles. The first-order valence-electron chi connectivity index (χ1n) is 6.37. The molecule has 100 valence electrons. The summed E-state index contributed by atoms with van der Waals surface area (Å²) in [7, 11) is 0. The molecule has 0 atom stereocenters. The van der Waals surface area contributed by atoms with E-state index in [1.165, 1.54) is 0 Å². The van der Waals surface area contributed by atoms with Crippen LogP contribution in [-0.4, -0.2) is 11.1 Å². The second-order valence-electron chi connectivity index (χ2n) is 5.43. The molecule has 0 radical (unpaired) electrons. The first kappa shape index (κ1) is 12.2. The van der Waals surface area contributed by atoms with E-state index in [4.69, 9.17) is 23.2 Å². The number of hydrogen-bond acceptors (Lipinski definition) is 1. The van der Waals surface area contributed by atoms with Crippen molar-refractivity contribution in [3.8, 4) is 0 Å². The van der Waals surface area contributed by atoms with Crippen molar-refractivity contribution in [2.45, 2.75) is 17.8 Å². The van der Waals surface area contributed by atoms with Crippen LogP contribution in [0.3, 0.4) is 0 Å². The van der Waals surface area contributed by atoms with Crippen LogP contribution < -0.4 is 0 Å². The molecule has 0 unspecified atom stereocenters. The number of aliphatic carboxylic acids is 1. The van der Waals surface area contributed by atoms with Crippen LogP contribution in [0.4, 0.5) is 0 Å². The van der Waals surface area contributed by atoms with Gasteiger partial charge in [0, 0.05) is 16.0 Å². The highest BCUT2D eigenvalue weighted by atomic mass is 35.5. The van der Waals surface area contributed by atoms with Gasteiger partial charge in [-0.05, 0) is 52.9 Å². The zero-order chi connectivity index (χ0) is 14.1. The van der Waals surface area contributed by atoms with Crippen LogP contribution in [-0.2, 0) is 10.2 Å². The Bertz CT molecular complexity index is 714. The van der Waals surface area contributed by atoms with Crippen molar-refractivity contribution in [3.05, 3.63) is 68.7 Å². The first-order valence-corrected chi connectivity index (χ1v) is 7.13. The van der Waals surface area contributed by atoms with Crippen molar-refractivity contribution < 1.29 is 9.90 Å². The zero-order valence-electron chi connectivity index (χ0n) is 10.4. The van der Waals surface area contributed by atoms with E-state index >= 15 is 0 Å². The summed E-state index contributed by atoms with van der Waals surface area (Å²) in [5.41, 5.74) is 2.79. The summed E-state index contributed by atoms with van der Waals surface area (Å²) >= 11 is 12.1. The van der Waals surface area contributed by atoms with Crippen LogP contribution in [0.15, 0.2) is 36.4 Å². The highest BCUT2D eigenvalue weighted by molar-refractivity contribution is 6.31. The lowest BCUT2D eigenvalue weighted by molar-refractivity contribution is -0.141. The number of carboxylic acids is 1. The van der Waals surface area contributed by atoms with E-state index in [-0.39, 0.29) is 5.92 Å². The van der Waals surface area contributed by atoms with E-state index in [9.17, 15) is 9.90 Å². The Morgan fingerprint density at radius 2 is 1.55 bits per heavy atom. The van der Waals surface area contributed by atoms with Gasteiger partial charge in [0.1, 0.15) is 5.41 Å². The van der Waals surface area contributed by atoms with Crippen LogP contribution in [0.2, 0.25) is 10.0 Å². The van der Waals surface area contributed by atoms with Crippen LogP contribution in [0.1, 0.15) is 34.6 Å². The van der Waals surface area contributed by atoms with Crippen LogP contribution in [0.25, 0.3) is 0 Å². The topological polar surface area (TPSA) is 37.3 Å². The predicted octanol–water partition coefficient (Wildman–Crippen LogP) is 4.21. The lowest BCUT2D eigenvalue weighted by atomic mass is 9.75. The molecule has 2 aromatic rings. The average molecular weight is 305 g/mol. The molecule has 0 aliphatic heterocycles. The van der Waals surface area contributed by atoms with Gasteiger partial charge in [-0.2, -0.15) is 0 Å². The van der Waals surface area contributed by atoms with Crippen LogP contribution >= 0.6 is 23.2 Å². The largest absolute Gasteiger partial charge is 0.480 e. The summed E-state index contributed by atoms with van der Waals surface area (Å²) in [5, 5.41) is 11.0. The maximum atomic E-state index is 12.0. The minimum atomic E-state index is -0.995. The van der Waals surface area contributed by atoms with Gasteiger partial charge in [0.25, 0.3) is 0 Å². The van der Waals surface area contributed by atoms with Gasteiger partial charge in [-0.25, -0.2) is 0 Å². The summed E-state index contributed by atoms with van der Waals surface area (Å²) in [5.74, 6) is -0.699. The third kappa shape index (κ3) is 1.28. The molecule has 2 bridgehead atoms. The number of halogens is 2. The fourth-order valence-corrected chi connectivity index (χ4v) is 4.12. The van der Waals surface area contributed by atoms with Crippen molar-refractivity contribution in [2.75, 3.05) is 0 Å². The molecule has 20 heavy (non-hydrogen) atoms. The molecule has 0 aromatic heterocycles. The first-order chi connectivity index (χ1) is 9.54. The smallest absolute Gasteiger partial charge is 0.318 e. The summed E-state index contributed by atoms with van der Waals surface area (Å²) in [4.78, 5) is 12.0. The fourth-order valence-electron chi connectivity index (χ4n) is 3.78. The number of carboxylic acid groups (broad SMARTS) is 1. The van der Waals surface area contributed by atoms with E-state index in [1.54, 1.807) is 12.1 Å². The fraction of sp³-hybridized carbons (Fsp3) is 0.188. The number of benzene rings is 2. The van der Waals surface area contributed by atoms with Gasteiger partial charge < -0.3 is 5.11 Å². The lowest BCUT2D eigenvalue weighted by Crippen LogP contribution is -2.33. The van der Waals surface area contributed by atoms with Gasteiger partial charge in [0.05, 0.1) is 0 Å². The Morgan fingerprint density at radius 3 is 2.00 bits per heavy atom. The summed E-state index contributed by atoms with van der Waals surface area (Å²) < 4.78 is 0. The SMILES string of the molecule is O=C(O)C12CC(c3ccc(Cl)cc31)c1ccc(Cl)cc12. The van der Waals surface area contributed by atoms with E-state index in [1.807, 2.05) is 24.3 Å². The standard InChI is InChI=1S/C16H10Cl2O2/c17-8-1-3-10-12-7-16(15(19)20,13(10)5-8)14-6-9(18)2-4-11(12)14/h1-6,12H,7H2,(H,19,20). The Kier molecular flexibility index (Phi) is 2.31. The van der Waals surface area contributed by atoms with Gasteiger partial charge in [-0.3, -0.25) is 4.79 Å². The Morgan fingerprint density at radius 1 is 1.05 bits per heavy atom. The monoisotopic (exact) mass is 304 g/mol. The van der Waals surface area contributed by atoms with Crippen LogP contribution in [0, 0.1) is 0 Å². The molecule has 2 aliphatic rings. The maximum absolute atomic E-state index is 12.0. The highest BCUT2D eigenvalue weighted by Crippen LogP contribution is 2.60. The third-order valence-electron chi connectivity index (χ3n) is 4.58. The van der Waals surface area contributed by atoms with E-state index in [2.05, 4.69) is 0 Å². The quantitative estimate of drug-likeness (QED) is 0.857. The zero-order valence-corrected chi connectivity index (χ0v) is 11.9. The van der Waals surface area contributed by atoms with E-state index in [0.29, 0.717) is 16.5 Å². The van der Waals surface area contributed by atoms with Crippen molar-refractivity contribution >= 4 is 29.2 Å². The average Bonchev–Trinajstić information content (AvgIpc) is 2.91. The molecule has 4 heteroatoms. The van der Waals surface area contributed by atoms with Gasteiger partial charge in [0.2, 0.25) is 0 Å². The number of carbonyl (C=O) groups is 1. The van der Waals surface area contributed by atoms with Crippen molar-refractivity contribution in [1.29, 1.82) is 0 Å². The Balaban J connectivity index is 2.09. The highest BCUT2D eigenvalue weighted by Gasteiger charge is 2.57. The Labute approximate surface area is 125 Å². The van der Waals surface area contributed by atoms with Crippen LogP contribution in [0.5, 0.6) is 0 Å². The third-order valence-corrected chi connectivity index (χ3v) is 5.05. The number of hydrogen-bond donors (Lipinski definition) is 1. The van der Waals surface area contributed by atoms with Gasteiger partial charge in [0.15, 0.2) is 0 Å². The van der Waals surface area contributed by atoms with Gasteiger partial charge in [-0.1, -0.05) is 35.3 Å². The molecule has 2 nitrogen and oxygen atoms in total. The van der Waals surface area contributed by atoms with Crippen molar-refractivity contribution in [2.24, 2.45) is 0 Å². The van der Waals surface area contributed by atoms with Crippen molar-refractivity contribution in [3.63, 3.8) is 0 Å². The number of fused-ring (bicyclic) bond motifs is 8. The molecule has 0 amide bonds. The number of rotatable bonds is 1. The lowest BCUT2D eigenvalue weighted by Gasteiger charge is -2.27. The summed E-state index contributed by atoms with van der Waals surface area (Å²) in [6.45, 7) is 0. The van der Waals surface area contributed by atoms with Crippen molar-refractivity contribution in [1.82, 2.24) is 0 Å². The molecule has 0 heterocycles. The van der Waals surface area contributed by atoms with Gasteiger partial charge in [-0.15, -0.1) is 0 Å².